The molecule has 13 heteroatoms. The van der Waals surface area contributed by atoms with Crippen LogP contribution in [0.5, 0.6) is 0 Å². The summed E-state index contributed by atoms with van der Waals surface area (Å²) in [6.07, 6.45) is 0.301. The van der Waals surface area contributed by atoms with Crippen LogP contribution >= 0.6 is 0 Å². The molecule has 0 saturated carbocycles. The van der Waals surface area contributed by atoms with Gasteiger partial charge in [0.1, 0.15) is 17.7 Å². The number of carboxylic acid groups (broad SMARTS) is 1. The van der Waals surface area contributed by atoms with Gasteiger partial charge in [0.25, 0.3) is 0 Å². The van der Waals surface area contributed by atoms with Crippen LogP contribution in [-0.4, -0.2) is 57.4 Å². The van der Waals surface area contributed by atoms with Gasteiger partial charge in [0, 0.05) is 0 Å². The summed E-state index contributed by atoms with van der Waals surface area (Å²) in [7, 11) is 0. The maximum absolute atomic E-state index is 12.4. The van der Waals surface area contributed by atoms with Crippen LogP contribution in [-0.2, 0) is 9.53 Å². The second-order valence-electron chi connectivity index (χ2n) is 8.66. The number of hydrogen-bond acceptors (Lipinski definition) is 7. The first-order valence-electron chi connectivity index (χ1n) is 10.3. The van der Waals surface area contributed by atoms with Crippen molar-refractivity contribution in [2.45, 2.75) is 71.6 Å². The third kappa shape index (κ3) is 10.1. The van der Waals surface area contributed by atoms with Gasteiger partial charge in [0.15, 0.2) is 0 Å². The number of carbonyl (C=O) groups is 3. The van der Waals surface area contributed by atoms with Crippen LogP contribution in [0.2, 0.25) is 0 Å². The van der Waals surface area contributed by atoms with E-state index >= 15 is 0 Å². The number of nitrogens with two attached hydrogens (primary N) is 2. The molecule has 1 rings (SSSR count). The van der Waals surface area contributed by atoms with E-state index in [4.69, 9.17) is 20.6 Å². The Morgan fingerprint density at radius 1 is 1.19 bits per heavy atom. The molecule has 0 fully saturated rings. The van der Waals surface area contributed by atoms with Gasteiger partial charge in [0.2, 0.25) is 5.89 Å². The number of aromatic nitrogens is 2. The number of ether oxygens (including phenoxy) is 1. The minimum atomic E-state index is -1.22. The number of guanidine groups is 1. The Balaban J connectivity index is 2.85. The highest BCUT2D eigenvalue weighted by Gasteiger charge is 2.28. The lowest BCUT2D eigenvalue weighted by atomic mass is 10.0. The molecule has 1 aromatic rings. The number of nitrogens with one attached hydrogen (secondary N) is 3. The van der Waals surface area contributed by atoms with Crippen LogP contribution in [0.4, 0.5) is 4.79 Å². The van der Waals surface area contributed by atoms with Gasteiger partial charge >= 0.3 is 29.8 Å². The monoisotopic (exact) mass is 456 g/mol. The highest BCUT2D eigenvalue weighted by atomic mass is 16.6. The summed E-state index contributed by atoms with van der Waals surface area (Å²) >= 11 is 0. The molecular weight excluding hydrogens is 422 g/mol. The average Bonchev–Trinajstić information content (AvgIpc) is 3.11. The van der Waals surface area contributed by atoms with Crippen LogP contribution < -0.4 is 27.1 Å². The summed E-state index contributed by atoms with van der Waals surface area (Å²) in [4.78, 5) is 38.7. The molecule has 0 saturated heterocycles. The van der Waals surface area contributed by atoms with Crippen molar-refractivity contribution < 1.29 is 33.6 Å². The summed E-state index contributed by atoms with van der Waals surface area (Å²) < 4.78 is 10.7. The van der Waals surface area contributed by atoms with Crippen LogP contribution in [0.25, 0.3) is 0 Å². The molecule has 13 nitrogen and oxygen atoms in total. The van der Waals surface area contributed by atoms with Gasteiger partial charge in [-0.3, -0.25) is 21.3 Å². The van der Waals surface area contributed by atoms with Gasteiger partial charge in [0.05, 0.1) is 6.54 Å². The highest BCUT2D eigenvalue weighted by molar-refractivity contribution is 5.92. The fraction of sp³-hybridized carbons (Fsp3) is 0.684. The zero-order valence-electron chi connectivity index (χ0n) is 19.1. The van der Waals surface area contributed by atoms with Gasteiger partial charge in [-0.2, -0.15) is 0 Å². The minimum absolute atomic E-state index is 0.0137. The lowest BCUT2D eigenvalue weighted by Crippen LogP contribution is -2.78. The fourth-order valence-corrected chi connectivity index (χ4v) is 2.63. The summed E-state index contributed by atoms with van der Waals surface area (Å²) in [6, 6.07) is -1.86. The standard InChI is InChI=1S/C19H33N7O6/c1-10(2)9-12(24-18(30)32-19(3,4)5)14-25-26-15(31-14)13(27)23-11(16(28)29)7-6-8-22-17(20)21/h10-12H,6-9H2,1-5H3,(H,23,27)(H,24,30)(H,28,29)(H4,20,21,22)/p+1/t11-,12-/m0/s1. The maximum Gasteiger partial charge on any atom is 0.408 e. The highest BCUT2D eigenvalue weighted by Crippen LogP contribution is 2.21. The molecule has 0 unspecified atom stereocenters. The molecule has 1 aromatic heterocycles. The van der Waals surface area contributed by atoms with E-state index < -0.39 is 41.5 Å². The van der Waals surface area contributed by atoms with Crippen molar-refractivity contribution in [2.24, 2.45) is 17.4 Å². The van der Waals surface area contributed by atoms with E-state index in [0.717, 1.165) is 0 Å². The molecule has 2 atom stereocenters. The number of rotatable bonds is 11. The number of amides is 2. The second kappa shape index (κ2) is 11.9. The van der Waals surface area contributed by atoms with E-state index in [-0.39, 0.29) is 24.2 Å². The van der Waals surface area contributed by atoms with Crippen LogP contribution in [0, 0.1) is 5.92 Å². The number of carbonyl (C=O) groups excluding carboxylic acids is 2. The molecule has 32 heavy (non-hydrogen) atoms. The van der Waals surface area contributed by atoms with E-state index in [1.165, 1.54) is 0 Å². The first kappa shape index (κ1) is 26.7. The van der Waals surface area contributed by atoms with Crippen molar-refractivity contribution in [1.82, 2.24) is 20.8 Å². The molecule has 0 aromatic carbocycles. The van der Waals surface area contributed by atoms with E-state index in [2.05, 4.69) is 25.8 Å². The lowest BCUT2D eigenvalue weighted by molar-refractivity contribution is -0.459. The summed E-state index contributed by atoms with van der Waals surface area (Å²) in [5, 5.41) is 21.9. The Bertz CT molecular complexity index is 811. The second-order valence-corrected chi connectivity index (χ2v) is 8.66. The Labute approximate surface area is 186 Å². The fourth-order valence-electron chi connectivity index (χ4n) is 2.63. The molecular formula is C19H34N7O6+. The molecule has 0 aliphatic rings. The molecule has 8 N–H and O–H groups in total. The summed E-state index contributed by atoms with van der Waals surface area (Å²) in [6.45, 7) is 9.43. The number of hydrogen-bond donors (Lipinski definition) is 6. The Morgan fingerprint density at radius 2 is 1.84 bits per heavy atom. The van der Waals surface area contributed by atoms with Gasteiger partial charge in [-0.15, -0.1) is 10.2 Å². The van der Waals surface area contributed by atoms with Gasteiger partial charge in [-0.25, -0.2) is 9.59 Å². The van der Waals surface area contributed by atoms with Gasteiger partial charge < -0.3 is 24.9 Å². The number of alkyl carbamates (subject to hydrolysis) is 1. The first-order valence-corrected chi connectivity index (χ1v) is 10.3. The first-order chi connectivity index (χ1) is 14.8. The molecule has 0 aliphatic heterocycles. The van der Waals surface area contributed by atoms with E-state index in [1.54, 1.807) is 20.8 Å². The predicted molar refractivity (Wildman–Crippen MR) is 113 cm³/mol. The molecule has 1 heterocycles. The Hall–Kier alpha value is -3.38. The van der Waals surface area contributed by atoms with Crippen molar-refractivity contribution in [3.05, 3.63) is 11.8 Å². The maximum atomic E-state index is 12.4. The quantitative estimate of drug-likeness (QED) is 0.136. The smallest absolute Gasteiger partial charge is 0.408 e. The average molecular weight is 457 g/mol. The zero-order chi connectivity index (χ0) is 24.5. The van der Waals surface area contributed by atoms with Crippen molar-refractivity contribution in [2.75, 3.05) is 6.54 Å². The van der Waals surface area contributed by atoms with Crippen LogP contribution in [0.15, 0.2) is 4.42 Å². The van der Waals surface area contributed by atoms with Gasteiger partial charge in [-0.1, -0.05) is 13.8 Å². The van der Waals surface area contributed by atoms with E-state index in [0.29, 0.717) is 19.4 Å². The molecule has 180 valence electrons. The third-order valence-corrected chi connectivity index (χ3v) is 3.93. The topological polar surface area (TPSA) is 210 Å². The predicted octanol–water partition coefficient (Wildman–Crippen LogP) is -1.00. The number of carboxylic acids is 1. The number of aliphatic carboxylic acids is 1. The third-order valence-electron chi connectivity index (χ3n) is 3.93. The van der Waals surface area contributed by atoms with Crippen molar-refractivity contribution in [3.8, 4) is 0 Å². The van der Waals surface area contributed by atoms with Gasteiger partial charge in [-0.05, 0) is 46.0 Å². The number of nitrogens with zero attached hydrogens (tertiary/aromatic N) is 2. The molecule has 0 spiro atoms. The van der Waals surface area contributed by atoms with E-state index in [1.807, 2.05) is 13.8 Å². The summed E-state index contributed by atoms with van der Waals surface area (Å²) in [5.74, 6) is -2.27. The Kier molecular flexibility index (Phi) is 9.88. The molecule has 0 radical (unpaired) electrons. The Morgan fingerprint density at radius 3 is 2.38 bits per heavy atom. The van der Waals surface area contributed by atoms with Crippen molar-refractivity contribution >= 4 is 23.9 Å². The molecule has 0 aliphatic carbocycles. The molecule has 0 bridgehead atoms. The van der Waals surface area contributed by atoms with Crippen LogP contribution in [0.1, 0.15) is 76.5 Å². The minimum Gasteiger partial charge on any atom is -0.480 e. The zero-order valence-corrected chi connectivity index (χ0v) is 19.1. The van der Waals surface area contributed by atoms with Crippen molar-refractivity contribution in [1.29, 1.82) is 0 Å². The van der Waals surface area contributed by atoms with Crippen LogP contribution in [0.3, 0.4) is 0 Å². The SMILES string of the molecule is CC(C)C[C@H](NC(=O)OC(C)(C)C)c1nnc(C(=O)N[C@@H](CCC[NH+]=C(N)N)C(=O)O)o1. The van der Waals surface area contributed by atoms with E-state index in [9.17, 15) is 19.5 Å². The lowest BCUT2D eigenvalue weighted by Gasteiger charge is -2.23. The largest absolute Gasteiger partial charge is 0.480 e. The summed E-state index contributed by atoms with van der Waals surface area (Å²) in [5.41, 5.74) is 9.86. The van der Waals surface area contributed by atoms with Crippen molar-refractivity contribution in [3.63, 3.8) is 0 Å². The molecule has 2 amide bonds. The normalized spacial score (nSPS) is 13.2.